The minimum atomic E-state index is -0.786. The van der Waals surface area contributed by atoms with E-state index in [0.29, 0.717) is 6.54 Å². The van der Waals surface area contributed by atoms with Gasteiger partial charge in [0.1, 0.15) is 0 Å². The standard InChI is InChI=1S/C21H31N3O3/c1-16-9-10-17-6-3-4-8-19(17)24(16)20(25)14-23-12-5-7-18(11-13-23)22(2)15-21(26)27/h3-4,6,8,16,18H,5,7,9-15H2,1-2H3,(H,26,27). The molecule has 1 saturated heterocycles. The maximum atomic E-state index is 13.1. The zero-order chi connectivity index (χ0) is 19.4. The second-order valence-electron chi connectivity index (χ2n) is 7.95. The number of fused-ring (bicyclic) bond motifs is 1. The van der Waals surface area contributed by atoms with Crippen molar-refractivity contribution in [3.63, 3.8) is 0 Å². The summed E-state index contributed by atoms with van der Waals surface area (Å²) in [4.78, 5) is 30.2. The van der Waals surface area contributed by atoms with Crippen LogP contribution in [0.3, 0.4) is 0 Å². The van der Waals surface area contributed by atoms with Crippen LogP contribution in [0.5, 0.6) is 0 Å². The van der Waals surface area contributed by atoms with E-state index in [1.54, 1.807) is 0 Å². The molecule has 0 bridgehead atoms. The van der Waals surface area contributed by atoms with Gasteiger partial charge in [-0.25, -0.2) is 0 Å². The topological polar surface area (TPSA) is 64.1 Å². The van der Waals surface area contributed by atoms with E-state index in [0.717, 1.165) is 50.9 Å². The highest BCUT2D eigenvalue weighted by atomic mass is 16.4. The zero-order valence-electron chi connectivity index (χ0n) is 16.4. The van der Waals surface area contributed by atoms with Crippen molar-refractivity contribution in [3.05, 3.63) is 29.8 Å². The van der Waals surface area contributed by atoms with E-state index in [4.69, 9.17) is 5.11 Å². The molecule has 1 aromatic rings. The summed E-state index contributed by atoms with van der Waals surface area (Å²) in [7, 11) is 1.88. The van der Waals surface area contributed by atoms with Gasteiger partial charge in [0.2, 0.25) is 5.91 Å². The first-order chi connectivity index (χ1) is 13.0. The van der Waals surface area contributed by atoms with Gasteiger partial charge in [0.25, 0.3) is 0 Å². The molecule has 2 heterocycles. The van der Waals surface area contributed by atoms with Crippen LogP contribution >= 0.6 is 0 Å². The number of likely N-dealkylation sites (tertiary alicyclic amines) is 1. The first-order valence-electron chi connectivity index (χ1n) is 10.00. The minimum Gasteiger partial charge on any atom is -0.480 e. The highest BCUT2D eigenvalue weighted by Crippen LogP contribution is 2.30. The van der Waals surface area contributed by atoms with E-state index in [2.05, 4.69) is 24.0 Å². The number of nitrogens with zero attached hydrogens (tertiary/aromatic N) is 3. The van der Waals surface area contributed by atoms with Gasteiger partial charge in [0, 0.05) is 24.3 Å². The van der Waals surface area contributed by atoms with Crippen molar-refractivity contribution < 1.29 is 14.7 Å². The lowest BCUT2D eigenvalue weighted by atomic mass is 9.96. The number of hydrogen-bond acceptors (Lipinski definition) is 4. The first kappa shape index (κ1) is 19.8. The molecule has 1 N–H and O–H groups in total. The lowest BCUT2D eigenvalue weighted by molar-refractivity contribution is -0.138. The third-order valence-electron chi connectivity index (χ3n) is 5.95. The van der Waals surface area contributed by atoms with Crippen molar-refractivity contribution in [1.82, 2.24) is 9.80 Å². The molecule has 27 heavy (non-hydrogen) atoms. The van der Waals surface area contributed by atoms with Gasteiger partial charge >= 0.3 is 5.97 Å². The van der Waals surface area contributed by atoms with Crippen LogP contribution in [-0.4, -0.2) is 72.1 Å². The van der Waals surface area contributed by atoms with Crippen molar-refractivity contribution in [2.75, 3.05) is 38.1 Å². The molecule has 148 valence electrons. The number of carbonyl (C=O) groups is 2. The zero-order valence-corrected chi connectivity index (χ0v) is 16.4. The Labute approximate surface area is 161 Å². The van der Waals surface area contributed by atoms with Crippen LogP contribution in [0, 0.1) is 0 Å². The predicted octanol–water partition coefficient (Wildman–Crippen LogP) is 2.23. The van der Waals surface area contributed by atoms with E-state index in [1.165, 1.54) is 5.56 Å². The van der Waals surface area contributed by atoms with Gasteiger partial charge in [-0.3, -0.25) is 19.4 Å². The number of para-hydroxylation sites is 1. The minimum absolute atomic E-state index is 0.0751. The Morgan fingerprint density at radius 3 is 2.74 bits per heavy atom. The Morgan fingerprint density at radius 1 is 1.19 bits per heavy atom. The number of likely N-dealkylation sites (N-methyl/N-ethyl adjacent to an activating group) is 1. The predicted molar refractivity (Wildman–Crippen MR) is 106 cm³/mol. The number of aryl methyl sites for hydroxylation is 1. The summed E-state index contributed by atoms with van der Waals surface area (Å²) >= 11 is 0. The molecule has 2 aliphatic heterocycles. The molecular weight excluding hydrogens is 342 g/mol. The second kappa shape index (κ2) is 8.85. The van der Waals surface area contributed by atoms with E-state index < -0.39 is 5.97 Å². The van der Waals surface area contributed by atoms with Crippen molar-refractivity contribution in [2.45, 2.75) is 51.1 Å². The summed E-state index contributed by atoms with van der Waals surface area (Å²) in [5.41, 5.74) is 2.32. The lowest BCUT2D eigenvalue weighted by Gasteiger charge is -2.36. The van der Waals surface area contributed by atoms with Gasteiger partial charge in [-0.2, -0.15) is 0 Å². The quantitative estimate of drug-likeness (QED) is 0.857. The molecule has 2 atom stereocenters. The molecule has 0 aromatic heterocycles. The van der Waals surface area contributed by atoms with Crippen LogP contribution in [0.4, 0.5) is 5.69 Å². The largest absolute Gasteiger partial charge is 0.480 e. The number of benzene rings is 1. The summed E-state index contributed by atoms with van der Waals surface area (Å²) in [5.74, 6) is -0.612. The Kier molecular flexibility index (Phi) is 6.50. The molecule has 3 rings (SSSR count). The molecule has 1 amide bonds. The van der Waals surface area contributed by atoms with Crippen LogP contribution in [0.1, 0.15) is 38.2 Å². The van der Waals surface area contributed by atoms with Gasteiger partial charge in [0.15, 0.2) is 0 Å². The van der Waals surface area contributed by atoms with Gasteiger partial charge in [-0.15, -0.1) is 0 Å². The molecule has 0 aliphatic carbocycles. The number of anilines is 1. The summed E-state index contributed by atoms with van der Waals surface area (Å²) in [6, 6.07) is 8.73. The van der Waals surface area contributed by atoms with Crippen molar-refractivity contribution in [1.29, 1.82) is 0 Å². The lowest BCUT2D eigenvalue weighted by Crippen LogP contribution is -2.47. The molecule has 0 saturated carbocycles. The third kappa shape index (κ3) is 4.87. The molecule has 1 fully saturated rings. The smallest absolute Gasteiger partial charge is 0.317 e. The number of carboxylic acids is 1. The summed E-state index contributed by atoms with van der Waals surface area (Å²) in [6.07, 6.45) is 4.92. The van der Waals surface area contributed by atoms with Gasteiger partial charge in [0.05, 0.1) is 13.1 Å². The third-order valence-corrected chi connectivity index (χ3v) is 5.95. The highest BCUT2D eigenvalue weighted by Gasteiger charge is 2.30. The SMILES string of the molecule is CC1CCc2ccccc2N1C(=O)CN1CCCC(N(C)CC(=O)O)CC1. The molecule has 0 radical (unpaired) electrons. The number of carbonyl (C=O) groups excluding carboxylic acids is 1. The number of hydrogen-bond donors (Lipinski definition) is 1. The Morgan fingerprint density at radius 2 is 1.96 bits per heavy atom. The van der Waals surface area contributed by atoms with Crippen LogP contribution < -0.4 is 4.90 Å². The Hall–Kier alpha value is -1.92. The van der Waals surface area contributed by atoms with Gasteiger partial charge < -0.3 is 10.0 Å². The Bertz CT molecular complexity index is 678. The van der Waals surface area contributed by atoms with Gasteiger partial charge in [-0.1, -0.05) is 18.2 Å². The fraction of sp³-hybridized carbons (Fsp3) is 0.619. The summed E-state index contributed by atoms with van der Waals surface area (Å²) in [6.45, 7) is 4.38. The summed E-state index contributed by atoms with van der Waals surface area (Å²) in [5, 5.41) is 9.00. The highest BCUT2D eigenvalue weighted by molar-refractivity contribution is 5.96. The average molecular weight is 373 g/mol. The Balaban J connectivity index is 1.61. The van der Waals surface area contributed by atoms with Crippen LogP contribution in [-0.2, 0) is 16.0 Å². The summed E-state index contributed by atoms with van der Waals surface area (Å²) < 4.78 is 0. The monoisotopic (exact) mass is 373 g/mol. The maximum Gasteiger partial charge on any atom is 0.317 e. The number of carboxylic acid groups (broad SMARTS) is 1. The normalized spacial score (nSPS) is 23.7. The second-order valence-corrected chi connectivity index (χ2v) is 7.95. The van der Waals surface area contributed by atoms with Crippen LogP contribution in [0.15, 0.2) is 24.3 Å². The number of aliphatic carboxylic acids is 1. The average Bonchev–Trinajstić information content (AvgIpc) is 2.86. The van der Waals surface area contributed by atoms with E-state index in [9.17, 15) is 9.59 Å². The molecular formula is C21H31N3O3. The van der Waals surface area contributed by atoms with Crippen LogP contribution in [0.2, 0.25) is 0 Å². The van der Waals surface area contributed by atoms with Crippen molar-refractivity contribution >= 4 is 17.6 Å². The van der Waals surface area contributed by atoms with Crippen molar-refractivity contribution in [2.24, 2.45) is 0 Å². The van der Waals surface area contributed by atoms with E-state index in [1.807, 2.05) is 29.0 Å². The maximum absolute atomic E-state index is 13.1. The molecule has 6 heteroatoms. The van der Waals surface area contributed by atoms with E-state index >= 15 is 0 Å². The molecule has 6 nitrogen and oxygen atoms in total. The molecule has 2 unspecified atom stereocenters. The van der Waals surface area contributed by atoms with E-state index in [-0.39, 0.29) is 24.5 Å². The van der Waals surface area contributed by atoms with Crippen LogP contribution in [0.25, 0.3) is 0 Å². The van der Waals surface area contributed by atoms with Gasteiger partial charge in [-0.05, 0) is 64.3 Å². The fourth-order valence-corrected chi connectivity index (χ4v) is 4.42. The fourth-order valence-electron chi connectivity index (χ4n) is 4.42. The van der Waals surface area contributed by atoms with Crippen molar-refractivity contribution in [3.8, 4) is 0 Å². The first-order valence-corrected chi connectivity index (χ1v) is 10.00. The number of rotatable bonds is 5. The number of amides is 1. The molecule has 0 spiro atoms. The molecule has 1 aromatic carbocycles. The molecule has 2 aliphatic rings.